The second-order valence-corrected chi connectivity index (χ2v) is 7.19. The maximum absolute atomic E-state index is 13.4. The van der Waals surface area contributed by atoms with Gasteiger partial charge in [0, 0.05) is 42.1 Å². The number of piperidine rings is 1. The highest BCUT2D eigenvalue weighted by molar-refractivity contribution is 6.47. The fraction of sp³-hybridized carbons (Fsp3) is 0.250. The summed E-state index contributed by atoms with van der Waals surface area (Å²) in [5.74, 6) is -0.868. The minimum Gasteiger partial charge on any atom is -0.338 e. The molecule has 0 bridgehead atoms. The fourth-order valence-corrected chi connectivity index (χ4v) is 3.61. The highest BCUT2D eigenvalue weighted by atomic mass is 35.5. The predicted octanol–water partition coefficient (Wildman–Crippen LogP) is 3.03. The van der Waals surface area contributed by atoms with E-state index >= 15 is 0 Å². The van der Waals surface area contributed by atoms with E-state index in [9.17, 15) is 14.0 Å². The van der Waals surface area contributed by atoms with Crippen LogP contribution in [0.3, 0.4) is 0 Å². The summed E-state index contributed by atoms with van der Waals surface area (Å²) < 4.78 is 13.4. The zero-order chi connectivity index (χ0) is 19.0. The van der Waals surface area contributed by atoms with E-state index in [0.29, 0.717) is 47.8 Å². The number of carbonyl (C=O) groups is 2. The molecule has 4 rings (SSSR count). The average molecular weight is 386 g/mol. The summed E-state index contributed by atoms with van der Waals surface area (Å²) in [5, 5.41) is 3.56. The molecular weight excluding hydrogens is 369 g/mol. The third-order valence-electron chi connectivity index (χ3n) is 4.95. The molecule has 2 amide bonds. The number of rotatable bonds is 2. The van der Waals surface area contributed by atoms with E-state index in [1.54, 1.807) is 35.2 Å². The number of likely N-dealkylation sites (tertiary alicyclic amines) is 1. The van der Waals surface area contributed by atoms with Crippen LogP contribution < -0.4 is 5.32 Å². The molecule has 2 aromatic rings. The van der Waals surface area contributed by atoms with Gasteiger partial charge in [-0.3, -0.25) is 14.6 Å². The summed E-state index contributed by atoms with van der Waals surface area (Å²) in [6.07, 6.45) is 1.02. The number of aliphatic imine (C=N–C) groups is 1. The molecule has 27 heavy (non-hydrogen) atoms. The zero-order valence-corrected chi connectivity index (χ0v) is 15.2. The van der Waals surface area contributed by atoms with Crippen LogP contribution in [0.1, 0.15) is 28.8 Å². The monoisotopic (exact) mass is 385 g/mol. The number of benzene rings is 2. The lowest BCUT2D eigenvalue weighted by molar-refractivity contribution is -0.115. The van der Waals surface area contributed by atoms with E-state index in [2.05, 4.69) is 10.3 Å². The summed E-state index contributed by atoms with van der Waals surface area (Å²) >= 11 is 5.90. The Hall–Kier alpha value is -2.73. The minimum absolute atomic E-state index is 0.212. The van der Waals surface area contributed by atoms with Gasteiger partial charge < -0.3 is 10.2 Å². The Kier molecular flexibility index (Phi) is 4.44. The number of carbonyl (C=O) groups excluding carboxylic acids is 2. The lowest BCUT2D eigenvalue weighted by atomic mass is 9.97. The average Bonchev–Trinajstić information content (AvgIpc) is 2.98. The molecule has 0 saturated carbocycles. The Balaban J connectivity index is 1.49. The van der Waals surface area contributed by atoms with Gasteiger partial charge in [-0.15, -0.1) is 0 Å². The number of nitrogens with one attached hydrogen (secondary N) is 1. The normalized spacial score (nSPS) is 18.4. The number of nitrogens with zero attached hydrogens (tertiary/aromatic N) is 2. The van der Waals surface area contributed by atoms with Crippen LogP contribution in [0.15, 0.2) is 53.5 Å². The van der Waals surface area contributed by atoms with E-state index in [-0.39, 0.29) is 11.8 Å². The van der Waals surface area contributed by atoms with E-state index in [0.717, 1.165) is 0 Å². The van der Waals surface area contributed by atoms with Gasteiger partial charge in [0.2, 0.25) is 0 Å². The van der Waals surface area contributed by atoms with Crippen LogP contribution in [0, 0.1) is 5.82 Å². The molecule has 0 unspecified atom stereocenters. The maximum atomic E-state index is 13.4. The minimum atomic E-state index is -0.690. The third-order valence-corrected chi connectivity index (χ3v) is 5.21. The van der Waals surface area contributed by atoms with Crippen molar-refractivity contribution in [2.75, 3.05) is 13.1 Å². The van der Waals surface area contributed by atoms with Crippen LogP contribution in [0.5, 0.6) is 0 Å². The Labute approximate surface area is 160 Å². The molecule has 5 nitrogen and oxygen atoms in total. The number of hydrogen-bond donors (Lipinski definition) is 1. The number of halogens is 2. The van der Waals surface area contributed by atoms with Gasteiger partial charge >= 0.3 is 0 Å². The van der Waals surface area contributed by atoms with Crippen LogP contribution in [0.25, 0.3) is 0 Å². The first kappa shape index (κ1) is 17.7. The van der Waals surface area contributed by atoms with Crippen molar-refractivity contribution < 1.29 is 14.0 Å². The highest BCUT2D eigenvalue weighted by Gasteiger charge is 2.42. The van der Waals surface area contributed by atoms with Gasteiger partial charge in [-0.25, -0.2) is 4.39 Å². The van der Waals surface area contributed by atoms with Crippen molar-refractivity contribution in [2.24, 2.45) is 4.99 Å². The lowest BCUT2D eigenvalue weighted by Crippen LogP contribution is -2.52. The first-order chi connectivity index (χ1) is 13.0. The van der Waals surface area contributed by atoms with Crippen molar-refractivity contribution in [1.29, 1.82) is 0 Å². The summed E-state index contributed by atoms with van der Waals surface area (Å²) in [6.45, 7) is 0.875. The summed E-state index contributed by atoms with van der Waals surface area (Å²) in [5.41, 5.74) is 0.737. The van der Waals surface area contributed by atoms with Gasteiger partial charge in [-0.05, 0) is 30.3 Å². The van der Waals surface area contributed by atoms with E-state index < -0.39 is 11.5 Å². The smallest absolute Gasteiger partial charge is 0.272 e. The fourth-order valence-electron chi connectivity index (χ4n) is 3.49. The quantitative estimate of drug-likeness (QED) is 0.863. The molecule has 0 radical (unpaired) electrons. The Morgan fingerprint density at radius 3 is 2.52 bits per heavy atom. The molecule has 138 valence electrons. The Morgan fingerprint density at radius 1 is 1.15 bits per heavy atom. The molecule has 0 atom stereocenters. The highest BCUT2D eigenvalue weighted by Crippen LogP contribution is 2.29. The van der Waals surface area contributed by atoms with Crippen molar-refractivity contribution in [3.8, 4) is 0 Å². The van der Waals surface area contributed by atoms with Crippen molar-refractivity contribution in [3.63, 3.8) is 0 Å². The molecule has 1 saturated heterocycles. The zero-order valence-electron chi connectivity index (χ0n) is 14.4. The van der Waals surface area contributed by atoms with Crippen molar-refractivity contribution >= 4 is 29.1 Å². The molecule has 2 heterocycles. The maximum Gasteiger partial charge on any atom is 0.272 e. The Bertz CT molecular complexity index is 934. The number of hydrogen-bond acceptors (Lipinski definition) is 3. The van der Waals surface area contributed by atoms with E-state index in [4.69, 9.17) is 11.6 Å². The molecule has 7 heteroatoms. The van der Waals surface area contributed by atoms with Gasteiger partial charge in [-0.1, -0.05) is 29.8 Å². The second kappa shape index (κ2) is 6.78. The molecule has 2 aliphatic heterocycles. The van der Waals surface area contributed by atoms with Crippen molar-refractivity contribution in [3.05, 3.63) is 70.5 Å². The SMILES string of the molecule is O=C1NC2(CCN(C(=O)c3cccc(F)c3)CC2)N=C1c1ccc(Cl)cc1. The molecule has 2 aliphatic rings. The number of amides is 2. The van der Waals surface area contributed by atoms with Gasteiger partial charge in [0.1, 0.15) is 17.2 Å². The van der Waals surface area contributed by atoms with Crippen LogP contribution in [-0.2, 0) is 4.79 Å². The molecular formula is C20H17ClFN3O2. The van der Waals surface area contributed by atoms with Crippen LogP contribution in [0.4, 0.5) is 4.39 Å². The van der Waals surface area contributed by atoms with Gasteiger partial charge in [0.05, 0.1) is 0 Å². The predicted molar refractivity (Wildman–Crippen MR) is 100 cm³/mol. The topological polar surface area (TPSA) is 61.8 Å². The summed E-state index contributed by atoms with van der Waals surface area (Å²) in [6, 6.07) is 12.6. The molecule has 1 N–H and O–H groups in total. The third kappa shape index (κ3) is 3.45. The van der Waals surface area contributed by atoms with Crippen molar-refractivity contribution in [2.45, 2.75) is 18.5 Å². The Morgan fingerprint density at radius 2 is 1.85 bits per heavy atom. The summed E-state index contributed by atoms with van der Waals surface area (Å²) in [4.78, 5) is 31.3. The second-order valence-electron chi connectivity index (χ2n) is 6.76. The first-order valence-corrected chi connectivity index (χ1v) is 9.07. The van der Waals surface area contributed by atoms with Gasteiger partial charge in [-0.2, -0.15) is 0 Å². The summed E-state index contributed by atoms with van der Waals surface area (Å²) in [7, 11) is 0. The molecule has 1 fully saturated rings. The first-order valence-electron chi connectivity index (χ1n) is 8.69. The van der Waals surface area contributed by atoms with Crippen LogP contribution in [-0.4, -0.2) is 41.2 Å². The van der Waals surface area contributed by atoms with E-state index in [1.807, 2.05) is 0 Å². The van der Waals surface area contributed by atoms with Crippen LogP contribution in [0.2, 0.25) is 5.02 Å². The molecule has 0 aromatic heterocycles. The van der Waals surface area contributed by atoms with Crippen LogP contribution >= 0.6 is 11.6 Å². The van der Waals surface area contributed by atoms with Crippen molar-refractivity contribution in [1.82, 2.24) is 10.2 Å². The molecule has 0 aliphatic carbocycles. The van der Waals surface area contributed by atoms with E-state index in [1.165, 1.54) is 18.2 Å². The molecule has 2 aromatic carbocycles. The van der Waals surface area contributed by atoms with Gasteiger partial charge in [0.25, 0.3) is 11.8 Å². The largest absolute Gasteiger partial charge is 0.338 e. The standard InChI is InChI=1S/C20H17ClFN3O2/c21-15-6-4-13(5-7-15)17-18(26)24-20(23-17)8-10-25(11-9-20)19(27)14-2-1-3-16(22)12-14/h1-7,12H,8-11H2,(H,24,26). The molecule has 1 spiro atoms. The lowest BCUT2D eigenvalue weighted by Gasteiger charge is -2.37. The van der Waals surface area contributed by atoms with Gasteiger partial charge in [0.15, 0.2) is 0 Å².